The van der Waals surface area contributed by atoms with Gasteiger partial charge in [-0.25, -0.2) is 0 Å². The van der Waals surface area contributed by atoms with Gasteiger partial charge in [-0.1, -0.05) is 6.92 Å². The van der Waals surface area contributed by atoms with Crippen molar-refractivity contribution in [3.63, 3.8) is 0 Å². The van der Waals surface area contributed by atoms with Crippen molar-refractivity contribution in [2.24, 2.45) is 5.92 Å². The molecule has 1 saturated heterocycles. The van der Waals surface area contributed by atoms with Crippen molar-refractivity contribution in [1.82, 2.24) is 10.2 Å². The van der Waals surface area contributed by atoms with Crippen LogP contribution >= 0.6 is 0 Å². The van der Waals surface area contributed by atoms with Gasteiger partial charge in [-0.05, 0) is 39.0 Å². The molecule has 0 aromatic rings. The van der Waals surface area contributed by atoms with Crippen LogP contribution in [0.25, 0.3) is 0 Å². The summed E-state index contributed by atoms with van der Waals surface area (Å²) < 4.78 is 0. The van der Waals surface area contributed by atoms with Crippen LogP contribution in [0.2, 0.25) is 0 Å². The van der Waals surface area contributed by atoms with Crippen LogP contribution in [0.15, 0.2) is 0 Å². The lowest BCUT2D eigenvalue weighted by atomic mass is 9.92. The first kappa shape index (κ1) is 11.4. The van der Waals surface area contributed by atoms with Crippen molar-refractivity contribution in [2.45, 2.75) is 51.6 Å². The third kappa shape index (κ3) is 1.81. The molecule has 90 valence electrons. The van der Waals surface area contributed by atoms with E-state index in [1.165, 1.54) is 12.8 Å². The molecule has 1 N–H and O–H groups in total. The first-order valence-electron chi connectivity index (χ1n) is 6.11. The molecule has 2 unspecified atom stereocenters. The van der Waals surface area contributed by atoms with Crippen LogP contribution in [0.4, 0.5) is 0 Å². The molecule has 1 aliphatic carbocycles. The number of nitrogens with zero attached hydrogens (tertiary/aromatic N) is 1. The Morgan fingerprint density at radius 2 is 2.06 bits per heavy atom. The molecule has 16 heavy (non-hydrogen) atoms. The summed E-state index contributed by atoms with van der Waals surface area (Å²) in [4.78, 5) is 25.9. The molecule has 2 rings (SSSR count). The van der Waals surface area contributed by atoms with E-state index >= 15 is 0 Å². The zero-order valence-electron chi connectivity index (χ0n) is 10.2. The Morgan fingerprint density at radius 1 is 1.44 bits per heavy atom. The van der Waals surface area contributed by atoms with Crippen LogP contribution in [-0.4, -0.2) is 34.8 Å². The standard InChI is InChI=1S/C12H20N2O2/c1-4-12(3)11(16)14(7-9-5-6-9)8(2)10(15)13-12/h8-9H,4-7H2,1-3H3,(H,13,15). The van der Waals surface area contributed by atoms with E-state index in [-0.39, 0.29) is 17.9 Å². The topological polar surface area (TPSA) is 49.4 Å². The maximum absolute atomic E-state index is 12.3. The van der Waals surface area contributed by atoms with Crippen LogP contribution in [-0.2, 0) is 9.59 Å². The second kappa shape index (κ2) is 3.75. The number of carbonyl (C=O) groups excluding carboxylic acids is 2. The Morgan fingerprint density at radius 3 is 2.56 bits per heavy atom. The van der Waals surface area contributed by atoms with E-state index in [0.29, 0.717) is 12.3 Å². The van der Waals surface area contributed by atoms with Crippen molar-refractivity contribution in [1.29, 1.82) is 0 Å². The Hall–Kier alpha value is -1.06. The third-order valence-corrected chi connectivity index (χ3v) is 3.84. The minimum absolute atomic E-state index is 0.0235. The lowest BCUT2D eigenvalue weighted by molar-refractivity contribution is -0.154. The van der Waals surface area contributed by atoms with Gasteiger partial charge >= 0.3 is 0 Å². The molecule has 2 fully saturated rings. The van der Waals surface area contributed by atoms with Gasteiger partial charge in [-0.3, -0.25) is 9.59 Å². The summed E-state index contributed by atoms with van der Waals surface area (Å²) in [5.41, 5.74) is -0.696. The Labute approximate surface area is 96.4 Å². The Bertz CT molecular complexity index is 325. The van der Waals surface area contributed by atoms with E-state index < -0.39 is 5.54 Å². The number of piperazine rings is 1. The second-order valence-corrected chi connectivity index (χ2v) is 5.25. The zero-order valence-corrected chi connectivity index (χ0v) is 10.2. The highest BCUT2D eigenvalue weighted by molar-refractivity contribution is 5.99. The predicted octanol–water partition coefficient (Wildman–Crippen LogP) is 0.912. The van der Waals surface area contributed by atoms with Crippen LogP contribution < -0.4 is 5.32 Å². The molecule has 1 heterocycles. The van der Waals surface area contributed by atoms with Gasteiger partial charge in [-0.2, -0.15) is 0 Å². The average molecular weight is 224 g/mol. The van der Waals surface area contributed by atoms with E-state index in [1.807, 2.05) is 20.8 Å². The molecule has 2 atom stereocenters. The Balaban J connectivity index is 2.18. The van der Waals surface area contributed by atoms with Gasteiger partial charge in [0.15, 0.2) is 0 Å². The second-order valence-electron chi connectivity index (χ2n) is 5.25. The van der Waals surface area contributed by atoms with E-state index in [1.54, 1.807) is 4.90 Å². The largest absolute Gasteiger partial charge is 0.340 e. The highest BCUT2D eigenvalue weighted by atomic mass is 16.2. The smallest absolute Gasteiger partial charge is 0.248 e. The number of amides is 2. The Kier molecular flexibility index (Phi) is 2.68. The molecule has 0 radical (unpaired) electrons. The van der Waals surface area contributed by atoms with Gasteiger partial charge in [0.25, 0.3) is 0 Å². The number of carbonyl (C=O) groups is 2. The minimum atomic E-state index is -0.696. The number of nitrogens with one attached hydrogen (secondary N) is 1. The quantitative estimate of drug-likeness (QED) is 0.774. The predicted molar refractivity (Wildman–Crippen MR) is 60.7 cm³/mol. The average Bonchev–Trinajstić information content (AvgIpc) is 3.05. The fourth-order valence-corrected chi connectivity index (χ4v) is 2.12. The summed E-state index contributed by atoms with van der Waals surface area (Å²) in [7, 11) is 0. The van der Waals surface area contributed by atoms with E-state index in [4.69, 9.17) is 0 Å². The lowest BCUT2D eigenvalue weighted by Crippen LogP contribution is -2.68. The van der Waals surface area contributed by atoms with Crippen LogP contribution in [0.5, 0.6) is 0 Å². The van der Waals surface area contributed by atoms with Gasteiger partial charge in [0, 0.05) is 6.54 Å². The third-order valence-electron chi connectivity index (χ3n) is 3.84. The van der Waals surface area contributed by atoms with E-state index in [9.17, 15) is 9.59 Å². The number of hydrogen-bond donors (Lipinski definition) is 1. The fourth-order valence-electron chi connectivity index (χ4n) is 2.12. The van der Waals surface area contributed by atoms with Gasteiger partial charge < -0.3 is 10.2 Å². The van der Waals surface area contributed by atoms with Gasteiger partial charge in [0.2, 0.25) is 11.8 Å². The molecule has 1 saturated carbocycles. The molecule has 0 spiro atoms. The van der Waals surface area contributed by atoms with Crippen LogP contribution in [0, 0.1) is 5.92 Å². The summed E-state index contributed by atoms with van der Waals surface area (Å²) in [5.74, 6) is 0.678. The van der Waals surface area contributed by atoms with E-state index in [2.05, 4.69) is 5.32 Å². The van der Waals surface area contributed by atoms with Gasteiger partial charge in [0.1, 0.15) is 11.6 Å². The molecule has 4 nitrogen and oxygen atoms in total. The number of hydrogen-bond acceptors (Lipinski definition) is 2. The molecule has 1 aliphatic heterocycles. The van der Waals surface area contributed by atoms with Gasteiger partial charge in [-0.15, -0.1) is 0 Å². The SMILES string of the molecule is CCC1(C)NC(=O)C(C)N(CC2CC2)C1=O. The van der Waals surface area contributed by atoms with Crippen molar-refractivity contribution in [2.75, 3.05) is 6.54 Å². The maximum Gasteiger partial charge on any atom is 0.248 e. The highest BCUT2D eigenvalue weighted by Gasteiger charge is 2.46. The zero-order chi connectivity index (χ0) is 11.9. The van der Waals surface area contributed by atoms with Crippen LogP contribution in [0.3, 0.4) is 0 Å². The van der Waals surface area contributed by atoms with Crippen LogP contribution in [0.1, 0.15) is 40.0 Å². The van der Waals surface area contributed by atoms with Crippen molar-refractivity contribution < 1.29 is 9.59 Å². The summed E-state index contributed by atoms with van der Waals surface area (Å²) in [6, 6.07) is -0.312. The molecule has 0 aromatic carbocycles. The first-order valence-corrected chi connectivity index (χ1v) is 6.11. The molecule has 0 aromatic heterocycles. The fraction of sp³-hybridized carbons (Fsp3) is 0.833. The van der Waals surface area contributed by atoms with Crippen molar-refractivity contribution in [3.8, 4) is 0 Å². The molecule has 2 aliphatic rings. The summed E-state index contributed by atoms with van der Waals surface area (Å²) in [6.45, 7) is 6.32. The monoisotopic (exact) mass is 224 g/mol. The molecular weight excluding hydrogens is 204 g/mol. The first-order chi connectivity index (χ1) is 7.48. The summed E-state index contributed by atoms with van der Waals surface area (Å²) in [5, 5.41) is 2.84. The van der Waals surface area contributed by atoms with E-state index in [0.717, 1.165) is 6.54 Å². The lowest BCUT2D eigenvalue weighted by Gasteiger charge is -2.43. The highest BCUT2D eigenvalue weighted by Crippen LogP contribution is 2.32. The maximum atomic E-state index is 12.3. The van der Waals surface area contributed by atoms with Gasteiger partial charge in [0.05, 0.1) is 0 Å². The molecule has 4 heteroatoms. The van der Waals surface area contributed by atoms with Crippen molar-refractivity contribution >= 4 is 11.8 Å². The molecule has 2 amide bonds. The molecule has 0 bridgehead atoms. The summed E-state index contributed by atoms with van der Waals surface area (Å²) >= 11 is 0. The minimum Gasteiger partial charge on any atom is -0.340 e. The normalized spacial score (nSPS) is 35.2. The van der Waals surface area contributed by atoms with Crippen molar-refractivity contribution in [3.05, 3.63) is 0 Å². The summed E-state index contributed by atoms with van der Waals surface area (Å²) in [6.07, 6.45) is 3.04. The number of rotatable bonds is 3. The molecular formula is C12H20N2O2.